The molecule has 9 heteroatoms. The van der Waals surface area contributed by atoms with Gasteiger partial charge in [-0.05, 0) is 43.0 Å². The zero-order valence-electron chi connectivity index (χ0n) is 19.7. The highest BCUT2D eigenvalue weighted by atomic mass is 19.4. The second-order valence-corrected chi connectivity index (χ2v) is 7.53. The number of hydrogen-bond acceptors (Lipinski definition) is 6. The van der Waals surface area contributed by atoms with Crippen LogP contribution in [0.5, 0.6) is 11.5 Å². The van der Waals surface area contributed by atoms with Crippen LogP contribution in [0.3, 0.4) is 0 Å². The van der Waals surface area contributed by atoms with Gasteiger partial charge >= 0.3 is 18.1 Å². The van der Waals surface area contributed by atoms with E-state index in [1.165, 1.54) is 5.56 Å². The van der Waals surface area contributed by atoms with Crippen molar-refractivity contribution in [1.29, 1.82) is 0 Å². The molecule has 1 N–H and O–H groups in total. The van der Waals surface area contributed by atoms with Crippen LogP contribution >= 0.6 is 0 Å². The summed E-state index contributed by atoms with van der Waals surface area (Å²) < 4.78 is 42.6. The lowest BCUT2D eigenvalue weighted by Gasteiger charge is -2.10. The Kier molecular flexibility index (Phi) is 11.3. The van der Waals surface area contributed by atoms with Crippen LogP contribution in [0.15, 0.2) is 78.9 Å². The van der Waals surface area contributed by atoms with Crippen LogP contribution in [0.4, 0.5) is 13.2 Å². The lowest BCUT2D eigenvalue weighted by atomic mass is 10.1. The van der Waals surface area contributed by atoms with E-state index in [1.54, 1.807) is 0 Å². The van der Waals surface area contributed by atoms with Crippen molar-refractivity contribution in [2.24, 2.45) is 0 Å². The molecular weight excluding hydrogens is 477 g/mol. The van der Waals surface area contributed by atoms with E-state index in [0.29, 0.717) is 31.6 Å². The van der Waals surface area contributed by atoms with E-state index in [9.17, 15) is 27.9 Å². The van der Waals surface area contributed by atoms with Gasteiger partial charge in [0.05, 0.1) is 18.6 Å². The predicted molar refractivity (Wildman–Crippen MR) is 126 cm³/mol. The zero-order chi connectivity index (χ0) is 26.4. The summed E-state index contributed by atoms with van der Waals surface area (Å²) in [5.74, 6) is -1.90. The molecule has 0 atom stereocenters. The molecule has 0 aliphatic heterocycles. The Morgan fingerprint density at radius 3 is 1.83 bits per heavy atom. The number of phenols is 1. The van der Waals surface area contributed by atoms with Gasteiger partial charge in [0.25, 0.3) is 0 Å². The number of halogens is 3. The van der Waals surface area contributed by atoms with Gasteiger partial charge in [-0.3, -0.25) is 14.6 Å². The van der Waals surface area contributed by atoms with E-state index >= 15 is 0 Å². The minimum absolute atomic E-state index is 0.00889. The van der Waals surface area contributed by atoms with Gasteiger partial charge in [-0.2, -0.15) is 13.2 Å². The molecule has 0 aromatic heterocycles. The van der Waals surface area contributed by atoms with E-state index in [1.807, 2.05) is 67.6 Å². The quantitative estimate of drug-likeness (QED) is 0.217. The first-order valence-electron chi connectivity index (χ1n) is 11.2. The van der Waals surface area contributed by atoms with Gasteiger partial charge in [0, 0.05) is 12.5 Å². The third-order valence-corrected chi connectivity index (χ3v) is 4.68. The van der Waals surface area contributed by atoms with Gasteiger partial charge < -0.3 is 9.84 Å². The van der Waals surface area contributed by atoms with Crippen LogP contribution in [-0.4, -0.2) is 23.7 Å². The summed E-state index contributed by atoms with van der Waals surface area (Å²) in [6.45, 7) is 2.29. The molecule has 0 saturated heterocycles. The Morgan fingerprint density at radius 1 is 0.806 bits per heavy atom. The molecule has 0 spiro atoms. The number of phenolic OH excluding ortho intramolecular Hbond substituents is 1. The summed E-state index contributed by atoms with van der Waals surface area (Å²) in [7, 11) is 0. The number of alkyl halides is 3. The zero-order valence-corrected chi connectivity index (χ0v) is 19.7. The minimum atomic E-state index is -4.64. The molecule has 3 aromatic rings. The molecular formula is C27H27F3O6. The molecule has 6 nitrogen and oxygen atoms in total. The summed E-state index contributed by atoms with van der Waals surface area (Å²) in [6.07, 6.45) is -2.99. The number of carbonyl (C=O) groups excluding carboxylic acids is 2. The van der Waals surface area contributed by atoms with Crippen LogP contribution in [0.25, 0.3) is 0 Å². The Hall–Kier alpha value is -4.01. The number of rotatable bonds is 9. The molecule has 0 bridgehead atoms. The average molecular weight is 505 g/mol. The maximum Gasteiger partial charge on any atom is 0.416 e. The molecule has 0 amide bonds. The van der Waals surface area contributed by atoms with E-state index in [-0.39, 0.29) is 12.4 Å². The van der Waals surface area contributed by atoms with E-state index in [2.05, 4.69) is 9.78 Å². The van der Waals surface area contributed by atoms with Gasteiger partial charge in [0.1, 0.15) is 5.75 Å². The first-order chi connectivity index (χ1) is 17.2. The predicted octanol–water partition coefficient (Wildman–Crippen LogP) is 6.06. The standard InChI is InChI=1S/C16H13F3O4.C11H14O2/c17-16(18,19)12-8-13(20)10-14(9-12)22-23-15(21)7-6-11-4-2-1-3-5-11;1-2-13-11(12)9-8-10-6-4-3-5-7-10/h1-5,8-10,20H,6-7H2;3-7H,2,8-9H2,1H3. The monoisotopic (exact) mass is 504 g/mol. The van der Waals surface area contributed by atoms with Crippen molar-refractivity contribution in [3.05, 3.63) is 95.6 Å². The lowest BCUT2D eigenvalue weighted by molar-refractivity contribution is -0.213. The Morgan fingerprint density at radius 2 is 1.33 bits per heavy atom. The number of esters is 1. The fourth-order valence-electron chi connectivity index (χ4n) is 2.95. The Balaban J connectivity index is 0.000000297. The topological polar surface area (TPSA) is 82.1 Å². The highest BCUT2D eigenvalue weighted by molar-refractivity contribution is 5.69. The fourth-order valence-corrected chi connectivity index (χ4v) is 2.95. The molecule has 0 fully saturated rings. The summed E-state index contributed by atoms with van der Waals surface area (Å²) in [6, 6.07) is 21.2. The SMILES string of the molecule is CCOC(=O)CCc1ccccc1.O=C(CCc1ccccc1)OOc1cc(O)cc(C(F)(F)F)c1. The molecule has 0 heterocycles. The summed E-state index contributed by atoms with van der Waals surface area (Å²) in [4.78, 5) is 31.5. The number of ether oxygens (including phenoxy) is 1. The molecule has 3 rings (SSSR count). The third-order valence-electron chi connectivity index (χ3n) is 4.68. The number of aryl methyl sites for hydroxylation is 2. The Bertz CT molecular complexity index is 1090. The van der Waals surface area contributed by atoms with E-state index in [4.69, 9.17) is 4.74 Å². The maximum atomic E-state index is 12.6. The summed E-state index contributed by atoms with van der Waals surface area (Å²) >= 11 is 0. The second kappa shape index (κ2) is 14.4. The Labute approximate surface area is 207 Å². The van der Waals surface area contributed by atoms with Crippen molar-refractivity contribution < 1.29 is 42.4 Å². The van der Waals surface area contributed by atoms with Crippen molar-refractivity contribution in [3.8, 4) is 11.5 Å². The summed E-state index contributed by atoms with van der Waals surface area (Å²) in [5.41, 5.74) is 0.990. The largest absolute Gasteiger partial charge is 0.508 e. The maximum absolute atomic E-state index is 12.6. The first-order valence-corrected chi connectivity index (χ1v) is 11.2. The van der Waals surface area contributed by atoms with Crippen LogP contribution in [0.1, 0.15) is 36.5 Å². The van der Waals surface area contributed by atoms with Crippen LogP contribution in [0, 0.1) is 0 Å². The number of aromatic hydroxyl groups is 1. The number of hydrogen-bond donors (Lipinski definition) is 1. The van der Waals surface area contributed by atoms with Gasteiger partial charge in [-0.15, -0.1) is 0 Å². The molecule has 36 heavy (non-hydrogen) atoms. The summed E-state index contributed by atoms with van der Waals surface area (Å²) in [5, 5.41) is 9.25. The number of benzene rings is 3. The molecule has 0 unspecified atom stereocenters. The molecule has 192 valence electrons. The third kappa shape index (κ3) is 10.9. The highest BCUT2D eigenvalue weighted by Gasteiger charge is 2.31. The van der Waals surface area contributed by atoms with Crippen molar-refractivity contribution in [2.75, 3.05) is 6.61 Å². The molecule has 0 aliphatic rings. The van der Waals surface area contributed by atoms with Crippen molar-refractivity contribution in [1.82, 2.24) is 0 Å². The highest BCUT2D eigenvalue weighted by Crippen LogP contribution is 2.34. The normalized spacial score (nSPS) is 10.6. The lowest BCUT2D eigenvalue weighted by Crippen LogP contribution is -2.10. The van der Waals surface area contributed by atoms with Crippen LogP contribution < -0.4 is 4.89 Å². The van der Waals surface area contributed by atoms with Gasteiger partial charge in [0.2, 0.25) is 0 Å². The van der Waals surface area contributed by atoms with Crippen LogP contribution in [-0.2, 0) is 38.2 Å². The minimum Gasteiger partial charge on any atom is -0.508 e. The first kappa shape index (κ1) is 28.2. The fraction of sp³-hybridized carbons (Fsp3) is 0.259. The van der Waals surface area contributed by atoms with Gasteiger partial charge in [-0.25, -0.2) is 4.79 Å². The van der Waals surface area contributed by atoms with Crippen molar-refractivity contribution in [2.45, 2.75) is 38.8 Å². The van der Waals surface area contributed by atoms with E-state index < -0.39 is 29.2 Å². The van der Waals surface area contributed by atoms with Crippen LogP contribution in [0.2, 0.25) is 0 Å². The average Bonchev–Trinajstić information content (AvgIpc) is 2.86. The second-order valence-electron chi connectivity index (χ2n) is 7.53. The molecule has 0 radical (unpaired) electrons. The number of carbonyl (C=O) groups is 2. The van der Waals surface area contributed by atoms with E-state index in [0.717, 1.165) is 18.1 Å². The molecule has 0 aliphatic carbocycles. The smallest absolute Gasteiger partial charge is 0.416 e. The van der Waals surface area contributed by atoms with Crippen molar-refractivity contribution >= 4 is 11.9 Å². The van der Waals surface area contributed by atoms with Crippen molar-refractivity contribution in [3.63, 3.8) is 0 Å². The molecule has 3 aromatic carbocycles. The van der Waals surface area contributed by atoms with Gasteiger partial charge in [0.15, 0.2) is 5.75 Å². The molecule has 0 saturated carbocycles. The van der Waals surface area contributed by atoms with Gasteiger partial charge in [-0.1, -0.05) is 60.7 Å².